The van der Waals surface area contributed by atoms with Crippen LogP contribution in [0.1, 0.15) is 24.8 Å². The minimum Gasteiger partial charge on any atom is -0.326 e. The van der Waals surface area contributed by atoms with Gasteiger partial charge in [-0.25, -0.2) is 4.39 Å². The van der Waals surface area contributed by atoms with Gasteiger partial charge in [0.2, 0.25) is 11.8 Å². The summed E-state index contributed by atoms with van der Waals surface area (Å²) in [4.78, 5) is 22.9. The molecule has 0 unspecified atom stereocenters. The lowest BCUT2D eigenvalue weighted by Gasteiger charge is -2.18. The molecule has 1 fully saturated rings. The third kappa shape index (κ3) is 2.08. The minimum absolute atomic E-state index is 0.0232. The predicted molar refractivity (Wildman–Crippen MR) is 64.7 cm³/mol. The van der Waals surface area contributed by atoms with Gasteiger partial charge in [0.1, 0.15) is 5.82 Å². The minimum atomic E-state index is -0.445. The highest BCUT2D eigenvalue weighted by molar-refractivity contribution is 5.97. The van der Waals surface area contributed by atoms with E-state index in [1.165, 1.54) is 12.1 Å². The summed E-state index contributed by atoms with van der Waals surface area (Å²) >= 11 is 0. The van der Waals surface area contributed by atoms with Gasteiger partial charge in [-0.15, -0.1) is 0 Å². The number of amides is 2. The zero-order chi connectivity index (χ0) is 12.7. The first-order valence-corrected chi connectivity index (χ1v) is 6.06. The first kappa shape index (κ1) is 11.2. The maximum absolute atomic E-state index is 13.8. The second kappa shape index (κ2) is 4.08. The van der Waals surface area contributed by atoms with Crippen molar-refractivity contribution in [3.05, 3.63) is 23.5 Å². The first-order valence-electron chi connectivity index (χ1n) is 6.06. The quantitative estimate of drug-likeness (QED) is 0.841. The van der Waals surface area contributed by atoms with Crippen molar-refractivity contribution in [2.24, 2.45) is 5.92 Å². The van der Waals surface area contributed by atoms with E-state index in [2.05, 4.69) is 10.6 Å². The maximum atomic E-state index is 13.8. The molecule has 0 atom stereocenters. The van der Waals surface area contributed by atoms with Crippen molar-refractivity contribution in [1.29, 1.82) is 0 Å². The van der Waals surface area contributed by atoms with Crippen LogP contribution in [-0.4, -0.2) is 11.8 Å². The molecule has 94 valence electrons. The molecule has 1 aliphatic heterocycles. The summed E-state index contributed by atoms with van der Waals surface area (Å²) in [5.41, 5.74) is 1.52. The van der Waals surface area contributed by atoms with Gasteiger partial charge in [0, 0.05) is 18.0 Å². The summed E-state index contributed by atoms with van der Waals surface area (Å²) in [5, 5.41) is 5.26. The molecule has 1 heterocycles. The molecule has 0 saturated heterocycles. The SMILES string of the molecule is O=C1CCc2cc(F)c(NC(=O)C3CC3)cc2N1. The summed E-state index contributed by atoms with van der Waals surface area (Å²) in [6, 6.07) is 2.89. The largest absolute Gasteiger partial charge is 0.326 e. The van der Waals surface area contributed by atoms with Crippen LogP contribution in [0.25, 0.3) is 0 Å². The third-order valence-corrected chi connectivity index (χ3v) is 3.29. The molecule has 1 aliphatic carbocycles. The van der Waals surface area contributed by atoms with E-state index in [1.807, 2.05) is 0 Å². The number of anilines is 2. The van der Waals surface area contributed by atoms with Gasteiger partial charge in [-0.2, -0.15) is 0 Å². The van der Waals surface area contributed by atoms with Gasteiger partial charge in [0.05, 0.1) is 5.69 Å². The molecule has 0 radical (unpaired) electrons. The number of benzene rings is 1. The van der Waals surface area contributed by atoms with Gasteiger partial charge in [0.15, 0.2) is 0 Å². The highest BCUT2D eigenvalue weighted by atomic mass is 19.1. The van der Waals surface area contributed by atoms with Gasteiger partial charge < -0.3 is 10.6 Å². The Morgan fingerprint density at radius 1 is 1.33 bits per heavy atom. The highest BCUT2D eigenvalue weighted by Crippen LogP contribution is 2.32. The van der Waals surface area contributed by atoms with Gasteiger partial charge in [-0.3, -0.25) is 9.59 Å². The summed E-state index contributed by atoms with van der Waals surface area (Å²) in [5.74, 6) is -0.640. The van der Waals surface area contributed by atoms with Crippen LogP contribution in [-0.2, 0) is 16.0 Å². The molecule has 5 heteroatoms. The Bertz CT molecular complexity index is 538. The van der Waals surface area contributed by atoms with Crippen LogP contribution in [0.15, 0.2) is 12.1 Å². The molecule has 1 saturated carbocycles. The standard InChI is InChI=1S/C13H13FN2O2/c14-9-5-8-3-4-12(17)15-10(8)6-11(9)16-13(18)7-1-2-7/h5-7H,1-4H2,(H,15,17)(H,16,18). The van der Waals surface area contributed by atoms with Crippen LogP contribution in [0.3, 0.4) is 0 Å². The molecule has 2 amide bonds. The molecular weight excluding hydrogens is 235 g/mol. The van der Waals surface area contributed by atoms with E-state index in [9.17, 15) is 14.0 Å². The summed E-state index contributed by atoms with van der Waals surface area (Å²) in [7, 11) is 0. The molecule has 2 N–H and O–H groups in total. The number of hydrogen-bond acceptors (Lipinski definition) is 2. The fourth-order valence-corrected chi connectivity index (χ4v) is 2.07. The molecule has 1 aromatic carbocycles. The number of nitrogens with one attached hydrogen (secondary N) is 2. The normalized spacial score (nSPS) is 17.9. The van der Waals surface area contributed by atoms with Crippen LogP contribution < -0.4 is 10.6 Å². The Kier molecular flexibility index (Phi) is 2.54. The number of carbonyl (C=O) groups is 2. The van der Waals surface area contributed by atoms with Crippen molar-refractivity contribution in [2.45, 2.75) is 25.7 Å². The fourth-order valence-electron chi connectivity index (χ4n) is 2.07. The molecule has 4 nitrogen and oxygen atoms in total. The molecule has 1 aromatic rings. The molecule has 18 heavy (non-hydrogen) atoms. The Labute approximate surface area is 104 Å². The predicted octanol–water partition coefficient (Wildman–Crippen LogP) is 2.06. The lowest BCUT2D eigenvalue weighted by atomic mass is 10.0. The Balaban J connectivity index is 1.87. The first-order chi connectivity index (χ1) is 8.63. The Morgan fingerprint density at radius 2 is 2.11 bits per heavy atom. The average Bonchev–Trinajstić information content (AvgIpc) is 3.14. The number of carbonyl (C=O) groups excluding carboxylic acids is 2. The van der Waals surface area contributed by atoms with E-state index in [4.69, 9.17) is 0 Å². The number of hydrogen-bond donors (Lipinski definition) is 2. The number of rotatable bonds is 2. The summed E-state index contributed by atoms with van der Waals surface area (Å²) < 4.78 is 13.8. The average molecular weight is 248 g/mol. The van der Waals surface area contributed by atoms with Crippen molar-refractivity contribution in [1.82, 2.24) is 0 Å². The van der Waals surface area contributed by atoms with Crippen LogP contribution in [0.4, 0.5) is 15.8 Å². The molecule has 3 rings (SSSR count). The lowest BCUT2D eigenvalue weighted by Crippen LogP contribution is -2.20. The Morgan fingerprint density at radius 3 is 2.83 bits per heavy atom. The Hall–Kier alpha value is -1.91. The monoisotopic (exact) mass is 248 g/mol. The van der Waals surface area contributed by atoms with Gasteiger partial charge in [0.25, 0.3) is 0 Å². The summed E-state index contributed by atoms with van der Waals surface area (Å²) in [6.07, 6.45) is 2.65. The molecular formula is C13H13FN2O2. The zero-order valence-electron chi connectivity index (χ0n) is 9.75. The zero-order valence-corrected chi connectivity index (χ0v) is 9.75. The highest BCUT2D eigenvalue weighted by Gasteiger charge is 2.30. The van der Waals surface area contributed by atoms with Crippen molar-refractivity contribution in [2.75, 3.05) is 10.6 Å². The molecule has 0 aromatic heterocycles. The van der Waals surface area contributed by atoms with E-state index < -0.39 is 5.82 Å². The van der Waals surface area contributed by atoms with Crippen LogP contribution in [0.5, 0.6) is 0 Å². The third-order valence-electron chi connectivity index (χ3n) is 3.29. The van der Waals surface area contributed by atoms with Crippen LogP contribution >= 0.6 is 0 Å². The molecule has 2 aliphatic rings. The number of fused-ring (bicyclic) bond motifs is 1. The van der Waals surface area contributed by atoms with Crippen LogP contribution in [0, 0.1) is 11.7 Å². The van der Waals surface area contributed by atoms with Crippen molar-refractivity contribution in [3.63, 3.8) is 0 Å². The van der Waals surface area contributed by atoms with E-state index in [1.54, 1.807) is 0 Å². The van der Waals surface area contributed by atoms with Gasteiger partial charge >= 0.3 is 0 Å². The smallest absolute Gasteiger partial charge is 0.227 e. The van der Waals surface area contributed by atoms with Crippen molar-refractivity contribution >= 4 is 23.2 Å². The number of halogens is 1. The van der Waals surface area contributed by atoms with Crippen LogP contribution in [0.2, 0.25) is 0 Å². The fraction of sp³-hybridized carbons (Fsp3) is 0.385. The van der Waals surface area contributed by atoms with E-state index in [0.717, 1.165) is 18.4 Å². The second-order valence-electron chi connectivity index (χ2n) is 4.80. The van der Waals surface area contributed by atoms with E-state index >= 15 is 0 Å². The second-order valence-corrected chi connectivity index (χ2v) is 4.80. The topological polar surface area (TPSA) is 58.2 Å². The van der Waals surface area contributed by atoms with E-state index in [0.29, 0.717) is 18.5 Å². The number of aryl methyl sites for hydroxylation is 1. The maximum Gasteiger partial charge on any atom is 0.227 e. The molecule has 0 bridgehead atoms. The summed E-state index contributed by atoms with van der Waals surface area (Å²) in [6.45, 7) is 0. The van der Waals surface area contributed by atoms with Crippen molar-refractivity contribution < 1.29 is 14.0 Å². The van der Waals surface area contributed by atoms with Crippen molar-refractivity contribution in [3.8, 4) is 0 Å². The lowest BCUT2D eigenvalue weighted by molar-refractivity contribution is -0.117. The molecule has 0 spiro atoms. The van der Waals surface area contributed by atoms with Gasteiger partial charge in [-0.1, -0.05) is 0 Å². The van der Waals surface area contributed by atoms with Gasteiger partial charge in [-0.05, 0) is 37.0 Å². The van der Waals surface area contributed by atoms with E-state index in [-0.39, 0.29) is 23.4 Å².